The summed E-state index contributed by atoms with van der Waals surface area (Å²) < 4.78 is 44.7. The van der Waals surface area contributed by atoms with Crippen molar-refractivity contribution < 1.29 is 27.4 Å². The smallest absolute Gasteiger partial charge is 0.262 e. The zero-order valence-corrected chi connectivity index (χ0v) is 21.3. The van der Waals surface area contributed by atoms with Gasteiger partial charge in [-0.15, -0.1) is 0 Å². The minimum absolute atomic E-state index is 0.125. The number of amides is 1. The lowest BCUT2D eigenvalue weighted by Gasteiger charge is -2.15. The number of methoxy groups -OCH3 is 3. The molecule has 0 saturated heterocycles. The SMILES string of the molecule is COc1cc(C)c(S(=O)(=O)Nc2ccccc2C(=O)NCCc2ccc(OC)c(OC)c2)cc1C. The summed E-state index contributed by atoms with van der Waals surface area (Å²) in [4.78, 5) is 13.0. The van der Waals surface area contributed by atoms with Crippen molar-refractivity contribution in [3.05, 3.63) is 76.9 Å². The predicted octanol–water partition coefficient (Wildman–Crippen LogP) is 4.10. The number of para-hydroxylation sites is 1. The van der Waals surface area contributed by atoms with Gasteiger partial charge in [0.2, 0.25) is 0 Å². The molecular weight excluding hydrogens is 468 g/mol. The van der Waals surface area contributed by atoms with Crippen molar-refractivity contribution in [2.75, 3.05) is 32.6 Å². The number of anilines is 1. The molecule has 0 bridgehead atoms. The number of carbonyl (C=O) groups is 1. The number of nitrogens with one attached hydrogen (secondary N) is 2. The molecule has 1 amide bonds. The lowest BCUT2D eigenvalue weighted by Crippen LogP contribution is -2.27. The highest BCUT2D eigenvalue weighted by Crippen LogP contribution is 2.29. The molecule has 0 unspecified atom stereocenters. The molecule has 35 heavy (non-hydrogen) atoms. The summed E-state index contributed by atoms with van der Waals surface area (Å²) in [5.41, 5.74) is 2.62. The van der Waals surface area contributed by atoms with E-state index >= 15 is 0 Å². The molecule has 0 aliphatic rings. The van der Waals surface area contributed by atoms with E-state index in [-0.39, 0.29) is 22.1 Å². The maximum Gasteiger partial charge on any atom is 0.262 e. The van der Waals surface area contributed by atoms with E-state index in [1.807, 2.05) is 18.2 Å². The van der Waals surface area contributed by atoms with Gasteiger partial charge in [0.25, 0.3) is 15.9 Å². The second kappa shape index (κ2) is 11.1. The highest BCUT2D eigenvalue weighted by Gasteiger charge is 2.21. The van der Waals surface area contributed by atoms with Crippen LogP contribution < -0.4 is 24.2 Å². The zero-order valence-electron chi connectivity index (χ0n) is 20.5. The molecule has 2 N–H and O–H groups in total. The van der Waals surface area contributed by atoms with Crippen molar-refractivity contribution in [3.63, 3.8) is 0 Å². The van der Waals surface area contributed by atoms with E-state index in [2.05, 4.69) is 10.0 Å². The first-order valence-corrected chi connectivity index (χ1v) is 12.4. The molecule has 0 aliphatic heterocycles. The summed E-state index contributed by atoms with van der Waals surface area (Å²) in [6.07, 6.45) is 0.560. The van der Waals surface area contributed by atoms with Crippen molar-refractivity contribution >= 4 is 21.6 Å². The molecular formula is C26H30N2O6S. The first-order valence-electron chi connectivity index (χ1n) is 11.0. The number of benzene rings is 3. The lowest BCUT2D eigenvalue weighted by atomic mass is 10.1. The average Bonchev–Trinajstić information content (AvgIpc) is 2.84. The van der Waals surface area contributed by atoms with Gasteiger partial charge in [-0.25, -0.2) is 8.42 Å². The standard InChI is InChI=1S/C26H30N2O6S/c1-17-15-25(18(2)14-23(17)33-4)35(30,31)28-21-9-7-6-8-20(21)26(29)27-13-12-19-10-11-22(32-3)24(16-19)34-5/h6-11,14-16,28H,12-13H2,1-5H3,(H,27,29). The normalized spacial score (nSPS) is 11.0. The summed E-state index contributed by atoms with van der Waals surface area (Å²) in [5, 5.41) is 2.85. The Balaban J connectivity index is 1.74. The molecule has 3 rings (SSSR count). The molecule has 0 spiro atoms. The van der Waals surface area contributed by atoms with E-state index in [4.69, 9.17) is 14.2 Å². The molecule has 3 aromatic carbocycles. The van der Waals surface area contributed by atoms with Crippen LogP contribution in [0.25, 0.3) is 0 Å². The zero-order chi connectivity index (χ0) is 25.6. The number of hydrogen-bond acceptors (Lipinski definition) is 6. The number of hydrogen-bond donors (Lipinski definition) is 2. The van der Waals surface area contributed by atoms with Crippen LogP contribution in [0.4, 0.5) is 5.69 Å². The van der Waals surface area contributed by atoms with Crippen LogP contribution in [0, 0.1) is 13.8 Å². The molecule has 0 fully saturated rings. The molecule has 0 heterocycles. The van der Waals surface area contributed by atoms with Gasteiger partial charge in [-0.2, -0.15) is 0 Å². The Morgan fingerprint density at radius 1 is 0.829 bits per heavy atom. The highest BCUT2D eigenvalue weighted by atomic mass is 32.2. The van der Waals surface area contributed by atoms with Crippen molar-refractivity contribution in [1.82, 2.24) is 5.32 Å². The number of rotatable bonds is 10. The van der Waals surface area contributed by atoms with Gasteiger partial charge < -0.3 is 19.5 Å². The van der Waals surface area contributed by atoms with Crippen molar-refractivity contribution in [1.29, 1.82) is 0 Å². The Labute approximate surface area is 206 Å². The fourth-order valence-corrected chi connectivity index (χ4v) is 5.09. The molecule has 0 aromatic heterocycles. The summed E-state index contributed by atoms with van der Waals surface area (Å²) in [7, 11) is 0.735. The Bertz CT molecular complexity index is 1320. The molecule has 0 atom stereocenters. The second-order valence-electron chi connectivity index (χ2n) is 7.93. The van der Waals surface area contributed by atoms with Crippen molar-refractivity contribution in [2.24, 2.45) is 0 Å². The minimum Gasteiger partial charge on any atom is -0.496 e. The summed E-state index contributed by atoms with van der Waals surface area (Å²) in [5.74, 6) is 1.46. The van der Waals surface area contributed by atoms with E-state index in [0.717, 1.165) is 5.56 Å². The Kier molecular flexibility index (Phi) is 8.24. The van der Waals surface area contributed by atoms with Gasteiger partial charge in [-0.3, -0.25) is 9.52 Å². The van der Waals surface area contributed by atoms with Crippen LogP contribution in [0.15, 0.2) is 59.5 Å². The number of ether oxygens (including phenoxy) is 3. The van der Waals surface area contributed by atoms with Gasteiger partial charge in [0.05, 0.1) is 37.5 Å². The van der Waals surface area contributed by atoms with E-state index < -0.39 is 10.0 Å². The number of aryl methyl sites for hydroxylation is 2. The van der Waals surface area contributed by atoms with Crippen LogP contribution >= 0.6 is 0 Å². The molecule has 9 heteroatoms. The Hall–Kier alpha value is -3.72. The van der Waals surface area contributed by atoms with Gasteiger partial charge in [0, 0.05) is 6.54 Å². The third-order valence-corrected chi connectivity index (χ3v) is 7.05. The van der Waals surface area contributed by atoms with E-state index in [9.17, 15) is 13.2 Å². The fourth-order valence-electron chi connectivity index (χ4n) is 3.69. The molecule has 186 valence electrons. The van der Waals surface area contributed by atoms with Gasteiger partial charge in [0.1, 0.15) is 5.75 Å². The summed E-state index contributed by atoms with van der Waals surface area (Å²) in [6.45, 7) is 3.83. The van der Waals surface area contributed by atoms with E-state index in [1.165, 1.54) is 7.11 Å². The van der Waals surface area contributed by atoms with Crippen LogP contribution in [-0.4, -0.2) is 42.2 Å². The lowest BCUT2D eigenvalue weighted by molar-refractivity contribution is 0.0955. The topological polar surface area (TPSA) is 103 Å². The number of carbonyl (C=O) groups excluding carboxylic acids is 1. The highest BCUT2D eigenvalue weighted by molar-refractivity contribution is 7.92. The molecule has 0 radical (unpaired) electrons. The van der Waals surface area contributed by atoms with E-state index in [1.54, 1.807) is 64.5 Å². The summed E-state index contributed by atoms with van der Waals surface area (Å²) in [6, 6.07) is 15.3. The van der Waals surface area contributed by atoms with Crippen LogP contribution in [0.3, 0.4) is 0 Å². The van der Waals surface area contributed by atoms with Gasteiger partial charge in [-0.1, -0.05) is 18.2 Å². The van der Waals surface area contributed by atoms with Gasteiger partial charge in [-0.05, 0) is 73.4 Å². The monoisotopic (exact) mass is 498 g/mol. The fraction of sp³-hybridized carbons (Fsp3) is 0.269. The van der Waals surface area contributed by atoms with Gasteiger partial charge >= 0.3 is 0 Å². The quantitative estimate of drug-likeness (QED) is 0.436. The Morgan fingerprint density at radius 3 is 2.20 bits per heavy atom. The van der Waals surface area contributed by atoms with Crippen LogP contribution in [0.5, 0.6) is 17.2 Å². The molecule has 3 aromatic rings. The maximum absolute atomic E-state index is 13.2. The largest absolute Gasteiger partial charge is 0.496 e. The Morgan fingerprint density at radius 2 is 1.51 bits per heavy atom. The van der Waals surface area contributed by atoms with E-state index in [0.29, 0.717) is 41.3 Å². The third-order valence-electron chi connectivity index (χ3n) is 5.55. The van der Waals surface area contributed by atoms with Crippen molar-refractivity contribution in [2.45, 2.75) is 25.2 Å². The van der Waals surface area contributed by atoms with Gasteiger partial charge in [0.15, 0.2) is 11.5 Å². The molecule has 0 saturated carbocycles. The molecule has 8 nitrogen and oxygen atoms in total. The minimum atomic E-state index is -3.94. The van der Waals surface area contributed by atoms with Crippen LogP contribution in [0.1, 0.15) is 27.0 Å². The predicted molar refractivity (Wildman–Crippen MR) is 135 cm³/mol. The number of sulfonamides is 1. The van der Waals surface area contributed by atoms with Crippen molar-refractivity contribution in [3.8, 4) is 17.2 Å². The maximum atomic E-state index is 13.2. The van der Waals surface area contributed by atoms with Crippen LogP contribution in [0.2, 0.25) is 0 Å². The van der Waals surface area contributed by atoms with Crippen LogP contribution in [-0.2, 0) is 16.4 Å². The first kappa shape index (κ1) is 25.9. The first-order chi connectivity index (χ1) is 16.7. The molecule has 0 aliphatic carbocycles. The average molecular weight is 499 g/mol. The third kappa shape index (κ3) is 6.05. The second-order valence-corrected chi connectivity index (χ2v) is 9.58. The summed E-state index contributed by atoms with van der Waals surface area (Å²) >= 11 is 0.